The molecule has 0 aromatic heterocycles. The lowest BCUT2D eigenvalue weighted by Gasteiger charge is -2.27. The molecule has 5 heteroatoms. The number of aromatic carboxylic acids is 1. The Bertz CT molecular complexity index is 998. The van der Waals surface area contributed by atoms with E-state index >= 15 is 0 Å². The molecule has 30 heavy (non-hydrogen) atoms. The highest BCUT2D eigenvalue weighted by molar-refractivity contribution is 5.87. The number of carboxylic acids is 1. The van der Waals surface area contributed by atoms with Gasteiger partial charge in [-0.3, -0.25) is 4.90 Å². The lowest BCUT2D eigenvalue weighted by atomic mass is 10.1. The Morgan fingerprint density at radius 3 is 2.13 bits per heavy atom. The minimum atomic E-state index is -0.898. The fraction of sp³-hybridized carbons (Fsp3) is 0.240. The number of fused-ring (bicyclic) bond motifs is 1. The zero-order valence-electron chi connectivity index (χ0n) is 17.0. The van der Waals surface area contributed by atoms with Gasteiger partial charge in [-0.25, -0.2) is 4.79 Å². The second-order valence-electron chi connectivity index (χ2n) is 7.41. The van der Waals surface area contributed by atoms with Crippen LogP contribution in [0.1, 0.15) is 40.1 Å². The standard InChI is InChI=1S/C25H25NO4/c1-2-26(16-19-9-13-21(14-10-19)25(27)28)15-18-7-11-20(12-8-18)24-17-29-22-5-3-4-6-23(22)30-24/h3-14,24H,2,15-17H2,1H3,(H,27,28). The molecule has 0 saturated heterocycles. The van der Waals surface area contributed by atoms with E-state index in [-0.39, 0.29) is 6.10 Å². The molecule has 1 aliphatic rings. The molecule has 1 aliphatic heterocycles. The van der Waals surface area contributed by atoms with Crippen molar-refractivity contribution in [2.75, 3.05) is 13.2 Å². The van der Waals surface area contributed by atoms with Gasteiger partial charge in [0.25, 0.3) is 0 Å². The van der Waals surface area contributed by atoms with E-state index in [4.69, 9.17) is 14.6 Å². The van der Waals surface area contributed by atoms with Gasteiger partial charge in [0, 0.05) is 13.1 Å². The number of nitrogens with zero attached hydrogens (tertiary/aromatic N) is 1. The van der Waals surface area contributed by atoms with E-state index < -0.39 is 5.97 Å². The molecule has 154 valence electrons. The summed E-state index contributed by atoms with van der Waals surface area (Å²) in [6.07, 6.45) is -0.107. The maximum absolute atomic E-state index is 11.0. The van der Waals surface area contributed by atoms with Gasteiger partial charge in [0.05, 0.1) is 5.56 Å². The van der Waals surface area contributed by atoms with Gasteiger partial charge in [0.2, 0.25) is 0 Å². The van der Waals surface area contributed by atoms with Crippen molar-refractivity contribution in [1.82, 2.24) is 4.90 Å². The predicted octanol–water partition coefficient (Wildman–Crippen LogP) is 4.92. The molecule has 1 N–H and O–H groups in total. The zero-order chi connectivity index (χ0) is 20.9. The predicted molar refractivity (Wildman–Crippen MR) is 115 cm³/mol. The maximum atomic E-state index is 11.0. The molecular formula is C25H25NO4. The van der Waals surface area contributed by atoms with Crippen LogP contribution >= 0.6 is 0 Å². The lowest BCUT2D eigenvalue weighted by molar-refractivity contribution is 0.0697. The van der Waals surface area contributed by atoms with Crippen molar-refractivity contribution < 1.29 is 19.4 Å². The van der Waals surface area contributed by atoms with Crippen LogP contribution in [-0.2, 0) is 13.1 Å². The summed E-state index contributed by atoms with van der Waals surface area (Å²) in [7, 11) is 0. The van der Waals surface area contributed by atoms with Gasteiger partial charge in [-0.15, -0.1) is 0 Å². The first-order valence-electron chi connectivity index (χ1n) is 10.1. The number of carboxylic acid groups (broad SMARTS) is 1. The van der Waals surface area contributed by atoms with Crippen molar-refractivity contribution in [1.29, 1.82) is 0 Å². The number of benzene rings is 3. The van der Waals surface area contributed by atoms with Gasteiger partial charge in [0.1, 0.15) is 6.61 Å². The molecule has 0 aliphatic carbocycles. The highest BCUT2D eigenvalue weighted by Gasteiger charge is 2.22. The molecule has 3 aromatic rings. The number of carbonyl (C=O) groups is 1. The molecule has 0 bridgehead atoms. The second-order valence-corrected chi connectivity index (χ2v) is 7.41. The summed E-state index contributed by atoms with van der Waals surface area (Å²) in [5.41, 5.74) is 3.74. The minimum absolute atomic E-state index is 0.107. The summed E-state index contributed by atoms with van der Waals surface area (Å²) in [5.74, 6) is 0.675. The Morgan fingerprint density at radius 1 is 0.933 bits per heavy atom. The molecule has 1 atom stereocenters. The third kappa shape index (κ3) is 4.63. The minimum Gasteiger partial charge on any atom is -0.485 e. The molecule has 0 spiro atoms. The van der Waals surface area contributed by atoms with Crippen LogP contribution in [0.15, 0.2) is 72.8 Å². The number of rotatable bonds is 7. The summed E-state index contributed by atoms with van der Waals surface area (Å²) in [4.78, 5) is 13.3. The van der Waals surface area contributed by atoms with Crippen molar-refractivity contribution in [2.45, 2.75) is 26.1 Å². The summed E-state index contributed by atoms with van der Waals surface area (Å²) in [5, 5.41) is 9.04. The van der Waals surface area contributed by atoms with E-state index in [9.17, 15) is 4.79 Å². The quantitative estimate of drug-likeness (QED) is 0.607. The fourth-order valence-corrected chi connectivity index (χ4v) is 3.57. The van der Waals surface area contributed by atoms with Crippen LogP contribution in [-0.4, -0.2) is 29.1 Å². The Labute approximate surface area is 176 Å². The average Bonchev–Trinajstić information content (AvgIpc) is 2.79. The molecule has 1 heterocycles. The van der Waals surface area contributed by atoms with Gasteiger partial charge in [-0.1, -0.05) is 55.5 Å². The van der Waals surface area contributed by atoms with E-state index in [2.05, 4.69) is 36.1 Å². The van der Waals surface area contributed by atoms with Crippen LogP contribution < -0.4 is 9.47 Å². The zero-order valence-corrected chi connectivity index (χ0v) is 17.0. The second kappa shape index (κ2) is 9.01. The molecule has 0 saturated carbocycles. The van der Waals surface area contributed by atoms with Crippen LogP contribution in [0.3, 0.4) is 0 Å². The Hall–Kier alpha value is -3.31. The summed E-state index contributed by atoms with van der Waals surface area (Å²) in [6.45, 7) is 5.13. The van der Waals surface area contributed by atoms with Crippen molar-refractivity contribution in [3.8, 4) is 11.5 Å². The van der Waals surface area contributed by atoms with Crippen LogP contribution in [0.4, 0.5) is 0 Å². The third-order valence-corrected chi connectivity index (χ3v) is 5.32. The SMILES string of the molecule is CCN(Cc1ccc(C(=O)O)cc1)Cc1ccc(C2COc3ccccc3O2)cc1. The first kappa shape index (κ1) is 20.0. The van der Waals surface area contributed by atoms with E-state index in [1.807, 2.05) is 36.4 Å². The molecule has 3 aromatic carbocycles. The smallest absolute Gasteiger partial charge is 0.335 e. The molecule has 1 unspecified atom stereocenters. The van der Waals surface area contributed by atoms with Gasteiger partial charge >= 0.3 is 5.97 Å². The molecule has 0 radical (unpaired) electrons. The number of hydrogen-bond donors (Lipinski definition) is 1. The van der Waals surface area contributed by atoms with Gasteiger partial charge < -0.3 is 14.6 Å². The molecule has 5 nitrogen and oxygen atoms in total. The van der Waals surface area contributed by atoms with Crippen LogP contribution in [0.2, 0.25) is 0 Å². The number of ether oxygens (including phenoxy) is 2. The third-order valence-electron chi connectivity index (χ3n) is 5.32. The lowest BCUT2D eigenvalue weighted by Crippen LogP contribution is -2.23. The summed E-state index contributed by atoms with van der Waals surface area (Å²) >= 11 is 0. The summed E-state index contributed by atoms with van der Waals surface area (Å²) in [6, 6.07) is 23.3. The van der Waals surface area contributed by atoms with Crippen molar-refractivity contribution in [3.05, 3.63) is 95.1 Å². The normalized spacial score (nSPS) is 15.2. The van der Waals surface area contributed by atoms with E-state index in [0.717, 1.165) is 42.3 Å². The molecule has 0 fully saturated rings. The van der Waals surface area contributed by atoms with Crippen LogP contribution in [0, 0.1) is 0 Å². The highest BCUT2D eigenvalue weighted by atomic mass is 16.6. The largest absolute Gasteiger partial charge is 0.485 e. The van der Waals surface area contributed by atoms with E-state index in [1.165, 1.54) is 5.56 Å². The monoisotopic (exact) mass is 403 g/mol. The fourth-order valence-electron chi connectivity index (χ4n) is 3.57. The Morgan fingerprint density at radius 2 is 1.53 bits per heavy atom. The van der Waals surface area contributed by atoms with E-state index in [0.29, 0.717) is 12.2 Å². The first-order chi connectivity index (χ1) is 14.6. The maximum Gasteiger partial charge on any atom is 0.335 e. The number of hydrogen-bond acceptors (Lipinski definition) is 4. The van der Waals surface area contributed by atoms with Gasteiger partial charge in [0.15, 0.2) is 17.6 Å². The summed E-state index contributed by atoms with van der Waals surface area (Å²) < 4.78 is 11.9. The van der Waals surface area contributed by atoms with Crippen molar-refractivity contribution >= 4 is 5.97 Å². The first-order valence-corrected chi connectivity index (χ1v) is 10.1. The molecule has 0 amide bonds. The highest BCUT2D eigenvalue weighted by Crippen LogP contribution is 2.35. The Balaban J connectivity index is 1.38. The van der Waals surface area contributed by atoms with Crippen LogP contribution in [0.5, 0.6) is 11.5 Å². The number of para-hydroxylation sites is 2. The van der Waals surface area contributed by atoms with E-state index in [1.54, 1.807) is 12.1 Å². The van der Waals surface area contributed by atoms with Crippen molar-refractivity contribution in [2.24, 2.45) is 0 Å². The van der Waals surface area contributed by atoms with Crippen LogP contribution in [0.25, 0.3) is 0 Å². The average molecular weight is 403 g/mol. The van der Waals surface area contributed by atoms with Crippen molar-refractivity contribution in [3.63, 3.8) is 0 Å². The molecule has 4 rings (SSSR count). The molecular weight excluding hydrogens is 378 g/mol. The van der Waals surface area contributed by atoms with Gasteiger partial charge in [-0.2, -0.15) is 0 Å². The topological polar surface area (TPSA) is 59.0 Å². The Kier molecular flexibility index (Phi) is 6.00. The van der Waals surface area contributed by atoms with Gasteiger partial charge in [-0.05, 0) is 47.5 Å².